The monoisotopic (exact) mass is 303 g/mol. The zero-order valence-electron chi connectivity index (χ0n) is 13.7. The largest absolute Gasteiger partial charge is 0.316 e. The van der Waals surface area contributed by atoms with Gasteiger partial charge in [0, 0.05) is 0 Å². The lowest BCUT2D eigenvalue weighted by Crippen LogP contribution is -2.34. The van der Waals surface area contributed by atoms with Gasteiger partial charge in [-0.3, -0.25) is 0 Å². The fourth-order valence-electron chi connectivity index (χ4n) is 3.20. The van der Waals surface area contributed by atoms with Crippen LogP contribution < -0.4 is 5.32 Å². The van der Waals surface area contributed by atoms with Crippen molar-refractivity contribution in [2.75, 3.05) is 18.8 Å². The van der Waals surface area contributed by atoms with Crippen LogP contribution in [0.4, 0.5) is 0 Å². The lowest BCUT2D eigenvalue weighted by Gasteiger charge is -2.35. The Labute approximate surface area is 125 Å². The van der Waals surface area contributed by atoms with E-state index in [0.717, 1.165) is 31.8 Å². The smallest absolute Gasteiger partial charge is 0.152 e. The predicted molar refractivity (Wildman–Crippen MR) is 86.7 cm³/mol. The van der Waals surface area contributed by atoms with Crippen LogP contribution >= 0.6 is 0 Å². The molecule has 0 radical (unpaired) electrons. The molecule has 1 aliphatic rings. The van der Waals surface area contributed by atoms with Gasteiger partial charge < -0.3 is 5.32 Å². The summed E-state index contributed by atoms with van der Waals surface area (Å²) in [6, 6.07) is 0. The Morgan fingerprint density at radius 2 is 1.90 bits per heavy atom. The van der Waals surface area contributed by atoms with Crippen LogP contribution in [-0.2, 0) is 9.84 Å². The molecule has 1 rings (SSSR count). The number of rotatable bonds is 8. The molecule has 0 aromatic heterocycles. The highest BCUT2D eigenvalue weighted by molar-refractivity contribution is 7.91. The third-order valence-corrected chi connectivity index (χ3v) is 6.97. The lowest BCUT2D eigenvalue weighted by atomic mass is 9.73. The molecule has 120 valence electrons. The van der Waals surface area contributed by atoms with Crippen molar-refractivity contribution in [2.24, 2.45) is 17.8 Å². The number of nitrogens with one attached hydrogen (secondary N) is 1. The minimum absolute atomic E-state index is 0.236. The van der Waals surface area contributed by atoms with E-state index in [4.69, 9.17) is 0 Å². The second-order valence-electron chi connectivity index (χ2n) is 6.85. The average molecular weight is 304 g/mol. The molecule has 1 fully saturated rings. The van der Waals surface area contributed by atoms with Gasteiger partial charge in [-0.2, -0.15) is 0 Å². The summed E-state index contributed by atoms with van der Waals surface area (Å²) in [5, 5.41) is 3.28. The number of hydrogen-bond acceptors (Lipinski definition) is 3. The summed E-state index contributed by atoms with van der Waals surface area (Å²) in [7, 11) is -2.88. The van der Waals surface area contributed by atoms with E-state index < -0.39 is 9.84 Å². The van der Waals surface area contributed by atoms with E-state index in [1.54, 1.807) is 13.8 Å². The van der Waals surface area contributed by atoms with E-state index >= 15 is 0 Å². The molecule has 3 nitrogen and oxygen atoms in total. The fourth-order valence-corrected chi connectivity index (χ4v) is 4.30. The molecule has 3 unspecified atom stereocenters. The Hall–Kier alpha value is -0.0900. The topological polar surface area (TPSA) is 46.2 Å². The lowest BCUT2D eigenvalue weighted by molar-refractivity contribution is 0.180. The van der Waals surface area contributed by atoms with Crippen molar-refractivity contribution < 1.29 is 8.42 Å². The second-order valence-corrected chi connectivity index (χ2v) is 9.52. The van der Waals surface area contributed by atoms with E-state index in [0.29, 0.717) is 17.6 Å². The first kappa shape index (κ1) is 18.0. The predicted octanol–water partition coefficient (Wildman–Crippen LogP) is 3.25. The zero-order chi connectivity index (χ0) is 15.2. The van der Waals surface area contributed by atoms with Crippen molar-refractivity contribution in [1.29, 1.82) is 0 Å². The summed E-state index contributed by atoms with van der Waals surface area (Å²) in [6.45, 7) is 10.2. The molecule has 0 saturated heterocycles. The normalized spacial score (nSPS) is 27.9. The van der Waals surface area contributed by atoms with Gasteiger partial charge >= 0.3 is 0 Å². The van der Waals surface area contributed by atoms with E-state index in [1.807, 2.05) is 0 Å². The van der Waals surface area contributed by atoms with Gasteiger partial charge in [-0.05, 0) is 70.4 Å². The van der Waals surface area contributed by atoms with Crippen molar-refractivity contribution in [2.45, 2.75) is 65.0 Å². The molecular formula is C16H33NO2S. The minimum atomic E-state index is -2.88. The summed E-state index contributed by atoms with van der Waals surface area (Å²) in [6.07, 6.45) is 5.76. The van der Waals surface area contributed by atoms with E-state index in [1.165, 1.54) is 19.3 Å². The van der Waals surface area contributed by atoms with Crippen molar-refractivity contribution in [3.05, 3.63) is 0 Å². The van der Waals surface area contributed by atoms with Crippen molar-refractivity contribution >= 4 is 9.84 Å². The molecule has 0 aromatic rings. The van der Waals surface area contributed by atoms with Crippen LogP contribution in [0.5, 0.6) is 0 Å². The van der Waals surface area contributed by atoms with Crippen LogP contribution in [0.15, 0.2) is 0 Å². The fraction of sp³-hybridized carbons (Fsp3) is 1.00. The molecule has 1 N–H and O–H groups in total. The maximum Gasteiger partial charge on any atom is 0.152 e. The number of sulfone groups is 1. The molecule has 0 amide bonds. The van der Waals surface area contributed by atoms with Gasteiger partial charge in [0.05, 0.1) is 11.0 Å². The molecule has 20 heavy (non-hydrogen) atoms. The first-order valence-corrected chi connectivity index (χ1v) is 10.0. The molecule has 0 aliphatic heterocycles. The molecule has 0 spiro atoms. The Morgan fingerprint density at radius 3 is 2.50 bits per heavy atom. The highest BCUT2D eigenvalue weighted by atomic mass is 32.2. The van der Waals surface area contributed by atoms with Crippen LogP contribution in [0.2, 0.25) is 0 Å². The van der Waals surface area contributed by atoms with Crippen LogP contribution in [-0.4, -0.2) is 32.5 Å². The number of hydrogen-bond donors (Lipinski definition) is 1. The summed E-state index contributed by atoms with van der Waals surface area (Å²) in [5.41, 5.74) is 0. The highest BCUT2D eigenvalue weighted by Gasteiger charge is 2.29. The standard InChI is InChI=1S/C16H33NO2S/c1-5-9-17-12-16-7-6-14(4)11-15(16)8-10-20(18,19)13(2)3/h13-17H,5-12H2,1-4H3. The average Bonchev–Trinajstić information content (AvgIpc) is 2.38. The molecule has 4 heteroatoms. The third-order valence-electron chi connectivity index (χ3n) is 4.73. The quantitative estimate of drug-likeness (QED) is 0.700. The summed E-state index contributed by atoms with van der Waals surface area (Å²) < 4.78 is 24.0. The van der Waals surface area contributed by atoms with Gasteiger partial charge in [0.15, 0.2) is 9.84 Å². The molecule has 0 bridgehead atoms. The van der Waals surface area contributed by atoms with Gasteiger partial charge in [-0.25, -0.2) is 8.42 Å². The van der Waals surface area contributed by atoms with Gasteiger partial charge in [-0.1, -0.05) is 20.3 Å². The van der Waals surface area contributed by atoms with E-state index in [2.05, 4.69) is 19.2 Å². The molecule has 0 heterocycles. The minimum Gasteiger partial charge on any atom is -0.316 e. The van der Waals surface area contributed by atoms with Gasteiger partial charge in [0.25, 0.3) is 0 Å². The Kier molecular flexibility index (Phi) is 7.52. The van der Waals surface area contributed by atoms with Crippen molar-refractivity contribution in [1.82, 2.24) is 5.32 Å². The summed E-state index contributed by atoms with van der Waals surface area (Å²) in [4.78, 5) is 0. The van der Waals surface area contributed by atoms with Crippen LogP contribution in [0, 0.1) is 17.8 Å². The highest BCUT2D eigenvalue weighted by Crippen LogP contribution is 2.35. The molecular weight excluding hydrogens is 270 g/mol. The molecule has 0 aromatic carbocycles. The van der Waals surface area contributed by atoms with Crippen LogP contribution in [0.25, 0.3) is 0 Å². The first-order valence-electron chi connectivity index (χ1n) is 8.29. The maximum atomic E-state index is 12.0. The van der Waals surface area contributed by atoms with Crippen LogP contribution in [0.3, 0.4) is 0 Å². The molecule has 3 atom stereocenters. The second kappa shape index (κ2) is 8.38. The zero-order valence-corrected chi connectivity index (χ0v) is 14.5. The summed E-state index contributed by atoms with van der Waals surface area (Å²) >= 11 is 0. The first-order chi connectivity index (χ1) is 9.36. The Balaban J connectivity index is 2.52. The van der Waals surface area contributed by atoms with Gasteiger partial charge in [0.1, 0.15) is 0 Å². The van der Waals surface area contributed by atoms with E-state index in [-0.39, 0.29) is 5.25 Å². The SMILES string of the molecule is CCCNCC1CCC(C)CC1CCS(=O)(=O)C(C)C. The molecule has 1 aliphatic carbocycles. The van der Waals surface area contributed by atoms with Crippen molar-refractivity contribution in [3.63, 3.8) is 0 Å². The van der Waals surface area contributed by atoms with Crippen molar-refractivity contribution in [3.8, 4) is 0 Å². The van der Waals surface area contributed by atoms with Crippen LogP contribution in [0.1, 0.15) is 59.8 Å². The van der Waals surface area contributed by atoms with Gasteiger partial charge in [-0.15, -0.1) is 0 Å². The summed E-state index contributed by atoms with van der Waals surface area (Å²) in [5.74, 6) is 2.37. The van der Waals surface area contributed by atoms with E-state index in [9.17, 15) is 8.42 Å². The Bertz CT molecular complexity index is 365. The Morgan fingerprint density at radius 1 is 1.20 bits per heavy atom. The third kappa shape index (κ3) is 5.72. The molecule has 1 saturated carbocycles. The van der Waals surface area contributed by atoms with Gasteiger partial charge in [0.2, 0.25) is 0 Å². The maximum absolute atomic E-state index is 12.0.